The van der Waals surface area contributed by atoms with E-state index >= 15 is 0 Å². The second kappa shape index (κ2) is 8.53. The summed E-state index contributed by atoms with van der Waals surface area (Å²) in [6.07, 6.45) is 2.57. The fourth-order valence-electron chi connectivity index (χ4n) is 2.73. The highest BCUT2D eigenvalue weighted by Gasteiger charge is 2.22. The number of carbonyl (C=O) groups excluding carboxylic acids is 1. The van der Waals surface area contributed by atoms with Gasteiger partial charge in [0.05, 0.1) is 18.2 Å². The third-order valence-corrected chi connectivity index (χ3v) is 5.87. The zero-order valence-corrected chi connectivity index (χ0v) is 17.4. The van der Waals surface area contributed by atoms with Gasteiger partial charge >= 0.3 is 0 Å². The number of rotatable bonds is 6. The van der Waals surface area contributed by atoms with Crippen molar-refractivity contribution in [3.8, 4) is 0 Å². The first-order valence-corrected chi connectivity index (χ1v) is 11.0. The van der Waals surface area contributed by atoms with Crippen molar-refractivity contribution in [2.24, 2.45) is 5.10 Å². The van der Waals surface area contributed by atoms with Crippen molar-refractivity contribution < 1.29 is 13.2 Å². The van der Waals surface area contributed by atoms with Crippen LogP contribution in [-0.4, -0.2) is 33.3 Å². The van der Waals surface area contributed by atoms with Crippen molar-refractivity contribution in [2.75, 3.05) is 17.1 Å². The van der Waals surface area contributed by atoms with Crippen molar-refractivity contribution in [3.05, 3.63) is 76.8 Å². The molecule has 3 rings (SSSR count). The van der Waals surface area contributed by atoms with Crippen molar-refractivity contribution in [1.82, 2.24) is 5.43 Å². The van der Waals surface area contributed by atoms with Crippen LogP contribution in [0.5, 0.6) is 0 Å². The Balaban J connectivity index is 1.82. The summed E-state index contributed by atoms with van der Waals surface area (Å²) in [6.45, 7) is -0.375. The molecule has 1 N–H and O–H groups in total. The first kappa shape index (κ1) is 20.0. The molecule has 6 nitrogen and oxygen atoms in total. The molecule has 0 aliphatic heterocycles. The number of carbonyl (C=O) groups is 1. The first-order chi connectivity index (χ1) is 13.4. The maximum absolute atomic E-state index is 12.4. The van der Waals surface area contributed by atoms with Gasteiger partial charge in [0.2, 0.25) is 10.0 Å². The van der Waals surface area contributed by atoms with E-state index < -0.39 is 15.9 Å². The van der Waals surface area contributed by atoms with E-state index in [1.165, 1.54) is 6.21 Å². The van der Waals surface area contributed by atoms with Gasteiger partial charge in [-0.05, 0) is 17.5 Å². The molecule has 0 aromatic heterocycles. The van der Waals surface area contributed by atoms with E-state index in [-0.39, 0.29) is 6.54 Å². The standard InChI is InChI=1S/C20H18BrN3O3S/c1-28(26,27)24(19-12-6-9-15-7-2-4-10-17(15)19)14-20(25)23-22-13-16-8-3-5-11-18(16)21/h2-13H,14H2,1H3,(H,23,25). The molecule has 0 saturated carbocycles. The molecule has 0 radical (unpaired) electrons. The van der Waals surface area contributed by atoms with Gasteiger partial charge < -0.3 is 0 Å². The Labute approximate surface area is 172 Å². The maximum Gasteiger partial charge on any atom is 0.260 e. The lowest BCUT2D eigenvalue weighted by Gasteiger charge is -2.23. The molecule has 0 heterocycles. The van der Waals surface area contributed by atoms with E-state index in [1.807, 2.05) is 54.6 Å². The Morgan fingerprint density at radius 3 is 2.50 bits per heavy atom. The minimum absolute atomic E-state index is 0.375. The molecule has 0 bridgehead atoms. The SMILES string of the molecule is CS(=O)(=O)N(CC(=O)NN=Cc1ccccc1Br)c1cccc2ccccc12. The van der Waals surface area contributed by atoms with E-state index in [0.717, 1.165) is 31.4 Å². The molecule has 3 aromatic rings. The highest BCUT2D eigenvalue weighted by atomic mass is 79.9. The number of sulfonamides is 1. The van der Waals surface area contributed by atoms with Crippen LogP contribution in [0.15, 0.2) is 76.3 Å². The lowest BCUT2D eigenvalue weighted by molar-refractivity contribution is -0.119. The normalized spacial score (nSPS) is 11.6. The van der Waals surface area contributed by atoms with Crippen LogP contribution in [0.1, 0.15) is 5.56 Å². The van der Waals surface area contributed by atoms with E-state index in [0.29, 0.717) is 5.69 Å². The van der Waals surface area contributed by atoms with E-state index in [1.54, 1.807) is 12.1 Å². The van der Waals surface area contributed by atoms with Crippen LogP contribution < -0.4 is 9.73 Å². The number of hydrogen-bond donors (Lipinski definition) is 1. The van der Waals surface area contributed by atoms with Crippen molar-refractivity contribution >= 4 is 54.5 Å². The zero-order valence-electron chi connectivity index (χ0n) is 15.0. The fraction of sp³-hybridized carbons (Fsp3) is 0.100. The van der Waals surface area contributed by atoms with Crippen LogP contribution in [0, 0.1) is 0 Å². The minimum Gasteiger partial charge on any atom is -0.271 e. The Morgan fingerprint density at radius 1 is 1.07 bits per heavy atom. The van der Waals surface area contributed by atoms with Crippen LogP contribution in [-0.2, 0) is 14.8 Å². The summed E-state index contributed by atoms with van der Waals surface area (Å²) in [5, 5.41) is 5.56. The third kappa shape index (κ3) is 4.76. The van der Waals surface area contributed by atoms with Crippen LogP contribution in [0.4, 0.5) is 5.69 Å². The molecule has 0 spiro atoms. The molecule has 28 heavy (non-hydrogen) atoms. The van der Waals surface area contributed by atoms with Gasteiger partial charge in [-0.15, -0.1) is 0 Å². The largest absolute Gasteiger partial charge is 0.271 e. The number of nitrogens with zero attached hydrogens (tertiary/aromatic N) is 2. The fourth-order valence-corrected chi connectivity index (χ4v) is 3.98. The van der Waals surface area contributed by atoms with Gasteiger partial charge in [0.15, 0.2) is 0 Å². The van der Waals surface area contributed by atoms with Gasteiger partial charge in [0, 0.05) is 15.4 Å². The van der Waals surface area contributed by atoms with Gasteiger partial charge in [0.25, 0.3) is 5.91 Å². The quantitative estimate of drug-likeness (QED) is 0.452. The summed E-state index contributed by atoms with van der Waals surface area (Å²) in [7, 11) is -3.68. The van der Waals surface area contributed by atoms with Crippen molar-refractivity contribution in [1.29, 1.82) is 0 Å². The van der Waals surface area contributed by atoms with Gasteiger partial charge in [0.1, 0.15) is 6.54 Å². The lowest BCUT2D eigenvalue weighted by Crippen LogP contribution is -2.39. The van der Waals surface area contributed by atoms with E-state index in [9.17, 15) is 13.2 Å². The third-order valence-electron chi connectivity index (χ3n) is 4.02. The van der Waals surface area contributed by atoms with Crippen molar-refractivity contribution in [3.63, 3.8) is 0 Å². The summed E-state index contributed by atoms with van der Waals surface area (Å²) in [4.78, 5) is 12.3. The number of benzene rings is 3. The average Bonchev–Trinajstić information content (AvgIpc) is 2.66. The Morgan fingerprint density at radius 2 is 1.75 bits per heavy atom. The molecule has 0 aliphatic rings. The summed E-state index contributed by atoms with van der Waals surface area (Å²) < 4.78 is 26.6. The van der Waals surface area contributed by atoms with Gasteiger partial charge in [-0.2, -0.15) is 5.10 Å². The minimum atomic E-state index is -3.68. The molecule has 8 heteroatoms. The highest BCUT2D eigenvalue weighted by molar-refractivity contribution is 9.10. The number of nitrogens with one attached hydrogen (secondary N) is 1. The predicted octanol–water partition coefficient (Wildman–Crippen LogP) is 3.52. The zero-order chi connectivity index (χ0) is 20.1. The van der Waals surface area contributed by atoms with Crippen LogP contribution in [0.2, 0.25) is 0 Å². The van der Waals surface area contributed by atoms with Crippen molar-refractivity contribution in [2.45, 2.75) is 0 Å². The molecule has 144 valence electrons. The van der Waals surface area contributed by atoms with Gasteiger partial charge in [-0.3, -0.25) is 9.10 Å². The second-order valence-electron chi connectivity index (χ2n) is 6.08. The molecule has 3 aromatic carbocycles. The summed E-state index contributed by atoms with van der Waals surface area (Å²) >= 11 is 3.39. The molecule has 0 aliphatic carbocycles. The van der Waals surface area contributed by atoms with Crippen LogP contribution in [0.25, 0.3) is 10.8 Å². The maximum atomic E-state index is 12.4. The number of amides is 1. The number of hydrazone groups is 1. The monoisotopic (exact) mass is 459 g/mol. The topological polar surface area (TPSA) is 78.8 Å². The number of hydrogen-bond acceptors (Lipinski definition) is 4. The Bertz CT molecular complexity index is 1140. The van der Waals surface area contributed by atoms with Gasteiger partial charge in [-0.1, -0.05) is 70.5 Å². The van der Waals surface area contributed by atoms with Crippen LogP contribution in [0.3, 0.4) is 0 Å². The average molecular weight is 460 g/mol. The van der Waals surface area contributed by atoms with Crippen LogP contribution >= 0.6 is 15.9 Å². The summed E-state index contributed by atoms with van der Waals surface area (Å²) in [6, 6.07) is 20.2. The predicted molar refractivity (Wildman–Crippen MR) is 116 cm³/mol. The lowest BCUT2D eigenvalue weighted by atomic mass is 10.1. The van der Waals surface area contributed by atoms with E-state index in [2.05, 4.69) is 26.5 Å². The molecular formula is C20H18BrN3O3S. The molecule has 0 fully saturated rings. The number of halogens is 1. The van der Waals surface area contributed by atoms with Gasteiger partial charge in [-0.25, -0.2) is 13.8 Å². The molecule has 0 saturated heterocycles. The Kier molecular flexibility index (Phi) is 6.11. The Hall–Kier alpha value is -2.71. The smallest absolute Gasteiger partial charge is 0.260 e. The molecule has 1 amide bonds. The number of anilines is 1. The number of fused-ring (bicyclic) bond motifs is 1. The van der Waals surface area contributed by atoms with E-state index in [4.69, 9.17) is 0 Å². The first-order valence-electron chi connectivity index (χ1n) is 8.38. The highest BCUT2D eigenvalue weighted by Crippen LogP contribution is 2.28. The molecular weight excluding hydrogens is 442 g/mol. The summed E-state index contributed by atoms with van der Waals surface area (Å²) in [5.41, 5.74) is 3.62. The summed E-state index contributed by atoms with van der Waals surface area (Å²) in [5.74, 6) is -0.540. The molecule has 0 atom stereocenters. The molecule has 0 unspecified atom stereocenters. The second-order valence-corrected chi connectivity index (χ2v) is 8.84.